The van der Waals surface area contributed by atoms with Crippen molar-refractivity contribution in [2.24, 2.45) is 5.92 Å². The fourth-order valence-electron chi connectivity index (χ4n) is 2.37. The van der Waals surface area contributed by atoms with Gasteiger partial charge in [-0.15, -0.1) is 0 Å². The minimum Gasteiger partial charge on any atom is -0.480 e. The van der Waals surface area contributed by atoms with E-state index in [1.807, 2.05) is 6.07 Å². The molecule has 2 heterocycles. The number of anilines is 1. The predicted octanol–water partition coefficient (Wildman–Crippen LogP) is 1.53. The van der Waals surface area contributed by atoms with Gasteiger partial charge in [0.2, 0.25) is 0 Å². The number of aliphatic carboxylic acids is 1. The fourth-order valence-corrected chi connectivity index (χ4v) is 2.37. The predicted molar refractivity (Wildman–Crippen MR) is 74.9 cm³/mol. The molecule has 1 unspecified atom stereocenters. The number of nitrogens with zero attached hydrogens (tertiary/aromatic N) is 3. The van der Waals surface area contributed by atoms with Crippen LogP contribution in [0.4, 0.5) is 5.82 Å². The third-order valence-corrected chi connectivity index (χ3v) is 3.26. The highest BCUT2D eigenvalue weighted by atomic mass is 16.5. The van der Waals surface area contributed by atoms with Gasteiger partial charge >= 0.3 is 5.97 Å². The molecule has 1 aliphatic rings. The Morgan fingerprint density at radius 2 is 2.35 bits per heavy atom. The van der Waals surface area contributed by atoms with Gasteiger partial charge < -0.3 is 14.7 Å². The summed E-state index contributed by atoms with van der Waals surface area (Å²) in [6, 6.07) is 1.89. The second kappa shape index (κ2) is 6.65. The summed E-state index contributed by atoms with van der Waals surface area (Å²) in [5, 5.41) is 9.03. The maximum atomic E-state index is 11.0. The third kappa shape index (κ3) is 3.90. The van der Waals surface area contributed by atoms with Crippen molar-refractivity contribution in [3.63, 3.8) is 0 Å². The van der Waals surface area contributed by atoms with Crippen molar-refractivity contribution in [1.29, 1.82) is 0 Å². The van der Waals surface area contributed by atoms with Crippen LogP contribution in [0.15, 0.2) is 12.4 Å². The summed E-state index contributed by atoms with van der Waals surface area (Å²) in [5.74, 6) is 0.484. The van der Waals surface area contributed by atoms with Gasteiger partial charge in [0.15, 0.2) is 0 Å². The molecule has 6 heteroatoms. The third-order valence-electron chi connectivity index (χ3n) is 3.26. The van der Waals surface area contributed by atoms with Gasteiger partial charge in [-0.25, -0.2) is 9.97 Å². The lowest BCUT2D eigenvalue weighted by Crippen LogP contribution is -2.33. The molecule has 2 rings (SSSR count). The monoisotopic (exact) mass is 279 g/mol. The molecule has 1 N–H and O–H groups in total. The van der Waals surface area contributed by atoms with E-state index in [-0.39, 0.29) is 6.54 Å². The molecule has 0 aliphatic carbocycles. The highest BCUT2D eigenvalue weighted by molar-refractivity contribution is 5.73. The Bertz CT molecular complexity index is 459. The summed E-state index contributed by atoms with van der Waals surface area (Å²) in [7, 11) is 0. The first-order valence-corrected chi connectivity index (χ1v) is 6.92. The SMILES string of the molecule is CC(C)CN(CC(=O)O)c1cc(C2CCOC2)ncn1. The van der Waals surface area contributed by atoms with Crippen molar-refractivity contribution in [3.05, 3.63) is 18.1 Å². The fraction of sp³-hybridized carbons (Fsp3) is 0.643. The van der Waals surface area contributed by atoms with E-state index < -0.39 is 5.97 Å². The summed E-state index contributed by atoms with van der Waals surface area (Å²) in [6.07, 6.45) is 2.47. The van der Waals surface area contributed by atoms with Gasteiger partial charge in [0.1, 0.15) is 18.7 Å². The first kappa shape index (κ1) is 14.7. The zero-order valence-corrected chi connectivity index (χ0v) is 12.0. The van der Waals surface area contributed by atoms with Crippen molar-refractivity contribution < 1.29 is 14.6 Å². The number of carboxylic acid groups (broad SMARTS) is 1. The Morgan fingerprint density at radius 1 is 1.55 bits per heavy atom. The Balaban J connectivity index is 2.18. The Morgan fingerprint density at radius 3 is 2.95 bits per heavy atom. The standard InChI is InChI=1S/C14H21N3O3/c1-10(2)6-17(7-14(18)19)13-5-12(15-9-16-13)11-3-4-20-8-11/h5,9-11H,3-4,6-8H2,1-2H3,(H,18,19). The van der Waals surface area contributed by atoms with E-state index in [1.165, 1.54) is 6.33 Å². The molecule has 0 bridgehead atoms. The van der Waals surface area contributed by atoms with Gasteiger partial charge in [-0.3, -0.25) is 4.79 Å². The smallest absolute Gasteiger partial charge is 0.323 e. The number of hydrogen-bond acceptors (Lipinski definition) is 5. The Labute approximate surface area is 118 Å². The molecule has 0 saturated carbocycles. The normalized spacial score (nSPS) is 18.4. The molecule has 6 nitrogen and oxygen atoms in total. The molecule has 1 fully saturated rings. The van der Waals surface area contributed by atoms with Crippen LogP contribution in [-0.2, 0) is 9.53 Å². The quantitative estimate of drug-likeness (QED) is 0.851. The second-order valence-electron chi connectivity index (χ2n) is 5.53. The van der Waals surface area contributed by atoms with Crippen molar-refractivity contribution in [2.75, 3.05) is 31.2 Å². The molecule has 1 aromatic rings. The van der Waals surface area contributed by atoms with E-state index >= 15 is 0 Å². The van der Waals surface area contributed by atoms with Crippen LogP contribution in [0.25, 0.3) is 0 Å². The molecule has 20 heavy (non-hydrogen) atoms. The molecule has 0 radical (unpaired) electrons. The average molecular weight is 279 g/mol. The van der Waals surface area contributed by atoms with E-state index in [9.17, 15) is 4.79 Å². The average Bonchev–Trinajstić information content (AvgIpc) is 2.91. The summed E-state index contributed by atoms with van der Waals surface area (Å²) in [6.45, 7) is 6.16. The molecule has 0 aromatic carbocycles. The van der Waals surface area contributed by atoms with Gasteiger partial charge in [-0.2, -0.15) is 0 Å². The number of aromatic nitrogens is 2. The van der Waals surface area contributed by atoms with Gasteiger partial charge in [-0.1, -0.05) is 13.8 Å². The molecular weight excluding hydrogens is 258 g/mol. The highest BCUT2D eigenvalue weighted by Crippen LogP contribution is 2.25. The Hall–Kier alpha value is -1.69. The van der Waals surface area contributed by atoms with Crippen LogP contribution in [0, 0.1) is 5.92 Å². The Kier molecular flexibility index (Phi) is 4.89. The largest absolute Gasteiger partial charge is 0.480 e. The lowest BCUT2D eigenvalue weighted by atomic mass is 10.0. The molecule has 1 aliphatic heterocycles. The number of rotatable bonds is 6. The van der Waals surface area contributed by atoms with Crippen LogP contribution in [0.5, 0.6) is 0 Å². The van der Waals surface area contributed by atoms with Crippen LogP contribution >= 0.6 is 0 Å². The van der Waals surface area contributed by atoms with E-state index in [0.717, 1.165) is 18.7 Å². The number of carbonyl (C=O) groups is 1. The molecular formula is C14H21N3O3. The second-order valence-corrected chi connectivity index (χ2v) is 5.53. The van der Waals surface area contributed by atoms with Crippen LogP contribution in [0.3, 0.4) is 0 Å². The molecule has 0 amide bonds. The minimum absolute atomic E-state index is 0.0458. The maximum absolute atomic E-state index is 11.0. The first-order valence-electron chi connectivity index (χ1n) is 6.92. The lowest BCUT2D eigenvalue weighted by molar-refractivity contribution is -0.135. The summed E-state index contributed by atoms with van der Waals surface area (Å²) < 4.78 is 5.37. The highest BCUT2D eigenvalue weighted by Gasteiger charge is 2.21. The summed E-state index contributed by atoms with van der Waals surface area (Å²) in [5.41, 5.74) is 0.937. The van der Waals surface area contributed by atoms with Gasteiger partial charge in [0, 0.05) is 25.1 Å². The van der Waals surface area contributed by atoms with Crippen molar-refractivity contribution in [2.45, 2.75) is 26.2 Å². The van der Waals surface area contributed by atoms with Gasteiger partial charge in [-0.05, 0) is 12.3 Å². The molecule has 110 valence electrons. The molecule has 1 aromatic heterocycles. The van der Waals surface area contributed by atoms with E-state index in [0.29, 0.717) is 30.8 Å². The number of carboxylic acids is 1. The zero-order valence-electron chi connectivity index (χ0n) is 12.0. The van der Waals surface area contributed by atoms with Crippen molar-refractivity contribution >= 4 is 11.8 Å². The van der Waals surface area contributed by atoms with Crippen LogP contribution in [0.2, 0.25) is 0 Å². The van der Waals surface area contributed by atoms with Crippen LogP contribution in [-0.4, -0.2) is 47.3 Å². The molecule has 1 saturated heterocycles. The van der Waals surface area contributed by atoms with Crippen molar-refractivity contribution in [1.82, 2.24) is 9.97 Å². The van der Waals surface area contributed by atoms with Gasteiger partial charge in [0.25, 0.3) is 0 Å². The van der Waals surface area contributed by atoms with Crippen molar-refractivity contribution in [3.8, 4) is 0 Å². The first-order chi connectivity index (χ1) is 9.56. The molecule has 0 spiro atoms. The van der Waals surface area contributed by atoms with E-state index in [1.54, 1.807) is 4.90 Å². The lowest BCUT2D eigenvalue weighted by Gasteiger charge is -2.24. The van der Waals surface area contributed by atoms with E-state index in [2.05, 4.69) is 23.8 Å². The van der Waals surface area contributed by atoms with Crippen LogP contribution < -0.4 is 4.90 Å². The molecule has 1 atom stereocenters. The summed E-state index contributed by atoms with van der Waals surface area (Å²) >= 11 is 0. The number of ether oxygens (including phenoxy) is 1. The zero-order chi connectivity index (χ0) is 14.5. The maximum Gasteiger partial charge on any atom is 0.323 e. The van der Waals surface area contributed by atoms with Crippen LogP contribution in [0.1, 0.15) is 31.9 Å². The summed E-state index contributed by atoms with van der Waals surface area (Å²) in [4.78, 5) is 21.3. The topological polar surface area (TPSA) is 75.6 Å². The van der Waals surface area contributed by atoms with Gasteiger partial charge in [0.05, 0.1) is 12.3 Å². The minimum atomic E-state index is -0.852. The van der Waals surface area contributed by atoms with E-state index in [4.69, 9.17) is 9.84 Å². The number of hydrogen-bond donors (Lipinski definition) is 1.